The standard InChI is InChI=1S/C15H14BrN3S/c16-11-5-6-20-14(11)15-18-12-7-9(8-17)1-4-13(12)19(15)10-2-3-10/h1,4-7,10H,2-3,8,17H2. The van der Waals surface area contributed by atoms with Crippen molar-refractivity contribution in [2.75, 3.05) is 0 Å². The number of halogens is 1. The van der Waals surface area contributed by atoms with Crippen LogP contribution in [0.15, 0.2) is 34.1 Å². The van der Waals surface area contributed by atoms with Crippen LogP contribution in [0.3, 0.4) is 0 Å². The average molecular weight is 348 g/mol. The fourth-order valence-corrected chi connectivity index (χ4v) is 4.12. The van der Waals surface area contributed by atoms with Crippen molar-refractivity contribution in [2.24, 2.45) is 5.73 Å². The van der Waals surface area contributed by atoms with Crippen LogP contribution in [0.25, 0.3) is 21.7 Å². The zero-order valence-corrected chi connectivity index (χ0v) is 13.2. The van der Waals surface area contributed by atoms with Crippen LogP contribution < -0.4 is 5.73 Å². The molecule has 20 heavy (non-hydrogen) atoms. The lowest BCUT2D eigenvalue weighted by Gasteiger charge is -2.06. The number of hydrogen-bond acceptors (Lipinski definition) is 3. The van der Waals surface area contributed by atoms with Gasteiger partial charge in [0.05, 0.1) is 15.9 Å². The van der Waals surface area contributed by atoms with Gasteiger partial charge in [-0.15, -0.1) is 11.3 Å². The minimum Gasteiger partial charge on any atom is -0.326 e. The Kier molecular flexibility index (Phi) is 2.94. The van der Waals surface area contributed by atoms with Gasteiger partial charge in [-0.25, -0.2) is 4.98 Å². The minimum absolute atomic E-state index is 0.560. The zero-order chi connectivity index (χ0) is 13.7. The lowest BCUT2D eigenvalue weighted by molar-refractivity contribution is 0.776. The largest absolute Gasteiger partial charge is 0.326 e. The molecule has 0 spiro atoms. The van der Waals surface area contributed by atoms with E-state index in [1.165, 1.54) is 23.2 Å². The highest BCUT2D eigenvalue weighted by Gasteiger charge is 2.29. The molecule has 102 valence electrons. The molecule has 0 unspecified atom stereocenters. The maximum Gasteiger partial charge on any atom is 0.152 e. The number of hydrogen-bond donors (Lipinski definition) is 1. The maximum atomic E-state index is 5.74. The highest BCUT2D eigenvalue weighted by atomic mass is 79.9. The molecule has 0 bridgehead atoms. The second-order valence-corrected chi connectivity index (χ2v) is 6.93. The van der Waals surface area contributed by atoms with E-state index < -0.39 is 0 Å². The van der Waals surface area contributed by atoms with Crippen LogP contribution in [0.2, 0.25) is 0 Å². The molecule has 0 amide bonds. The molecule has 1 aliphatic carbocycles. The van der Waals surface area contributed by atoms with E-state index in [1.807, 2.05) is 0 Å². The third-order valence-electron chi connectivity index (χ3n) is 3.72. The van der Waals surface area contributed by atoms with E-state index in [-0.39, 0.29) is 0 Å². The van der Waals surface area contributed by atoms with Crippen molar-refractivity contribution in [2.45, 2.75) is 25.4 Å². The first-order valence-electron chi connectivity index (χ1n) is 6.72. The molecule has 2 N–H and O–H groups in total. The van der Waals surface area contributed by atoms with Crippen LogP contribution in [0.5, 0.6) is 0 Å². The predicted molar refractivity (Wildman–Crippen MR) is 86.9 cm³/mol. The molecule has 0 radical (unpaired) electrons. The zero-order valence-electron chi connectivity index (χ0n) is 10.8. The molecular formula is C15H14BrN3S. The molecule has 1 saturated carbocycles. The number of nitrogens with zero attached hydrogens (tertiary/aromatic N) is 2. The first-order valence-corrected chi connectivity index (χ1v) is 8.39. The summed E-state index contributed by atoms with van der Waals surface area (Å²) >= 11 is 5.36. The van der Waals surface area contributed by atoms with Gasteiger partial charge in [0.1, 0.15) is 0 Å². The van der Waals surface area contributed by atoms with Gasteiger partial charge in [0.15, 0.2) is 5.82 Å². The van der Waals surface area contributed by atoms with Crippen molar-refractivity contribution in [3.8, 4) is 10.7 Å². The summed E-state index contributed by atoms with van der Waals surface area (Å²) in [6.45, 7) is 0.560. The van der Waals surface area contributed by atoms with E-state index in [4.69, 9.17) is 10.7 Å². The van der Waals surface area contributed by atoms with Gasteiger partial charge in [-0.1, -0.05) is 6.07 Å². The van der Waals surface area contributed by atoms with Gasteiger partial charge in [0, 0.05) is 17.1 Å². The smallest absolute Gasteiger partial charge is 0.152 e. The summed E-state index contributed by atoms with van der Waals surface area (Å²) < 4.78 is 3.52. The summed E-state index contributed by atoms with van der Waals surface area (Å²) in [5.74, 6) is 1.08. The van der Waals surface area contributed by atoms with Gasteiger partial charge in [0.25, 0.3) is 0 Å². The minimum atomic E-state index is 0.560. The van der Waals surface area contributed by atoms with Crippen LogP contribution in [0, 0.1) is 0 Å². The molecule has 0 aliphatic heterocycles. The van der Waals surface area contributed by atoms with Crippen LogP contribution in [0.4, 0.5) is 0 Å². The van der Waals surface area contributed by atoms with Crippen molar-refractivity contribution in [3.05, 3.63) is 39.7 Å². The molecule has 4 rings (SSSR count). The van der Waals surface area contributed by atoms with Crippen LogP contribution in [0.1, 0.15) is 24.4 Å². The number of benzene rings is 1. The lowest BCUT2D eigenvalue weighted by Crippen LogP contribution is -1.97. The third-order valence-corrected chi connectivity index (χ3v) is 5.56. The summed E-state index contributed by atoms with van der Waals surface area (Å²) in [6, 6.07) is 9.07. The first-order chi connectivity index (χ1) is 9.78. The lowest BCUT2D eigenvalue weighted by atomic mass is 10.2. The Morgan fingerprint density at radius 3 is 2.85 bits per heavy atom. The molecule has 1 aromatic carbocycles. The topological polar surface area (TPSA) is 43.8 Å². The van der Waals surface area contributed by atoms with Crippen LogP contribution in [-0.4, -0.2) is 9.55 Å². The average Bonchev–Trinajstić information content (AvgIpc) is 3.10. The van der Waals surface area contributed by atoms with Crippen LogP contribution >= 0.6 is 27.3 Å². The Morgan fingerprint density at radius 1 is 1.35 bits per heavy atom. The third kappa shape index (κ3) is 1.92. The van der Waals surface area contributed by atoms with Gasteiger partial charge in [-0.3, -0.25) is 0 Å². The van der Waals surface area contributed by atoms with E-state index in [1.54, 1.807) is 11.3 Å². The molecule has 1 fully saturated rings. The van der Waals surface area contributed by atoms with E-state index in [0.29, 0.717) is 12.6 Å². The second kappa shape index (κ2) is 4.69. The Labute approximate surface area is 129 Å². The SMILES string of the molecule is NCc1ccc2c(c1)nc(-c1sccc1Br)n2C1CC1. The monoisotopic (exact) mass is 347 g/mol. The van der Waals surface area contributed by atoms with Gasteiger partial charge in [-0.2, -0.15) is 0 Å². The molecule has 2 heterocycles. The number of aromatic nitrogens is 2. The van der Waals surface area contributed by atoms with Crippen molar-refractivity contribution in [3.63, 3.8) is 0 Å². The molecule has 3 aromatic rings. The number of nitrogens with two attached hydrogens (primary N) is 1. The molecule has 3 nitrogen and oxygen atoms in total. The van der Waals surface area contributed by atoms with Crippen molar-refractivity contribution in [1.29, 1.82) is 0 Å². The quantitative estimate of drug-likeness (QED) is 0.766. The Balaban J connectivity index is 1.99. The molecular weight excluding hydrogens is 334 g/mol. The molecule has 0 saturated heterocycles. The molecule has 0 atom stereocenters. The number of thiophene rings is 1. The van der Waals surface area contributed by atoms with Crippen molar-refractivity contribution >= 4 is 38.3 Å². The van der Waals surface area contributed by atoms with Gasteiger partial charge >= 0.3 is 0 Å². The van der Waals surface area contributed by atoms with E-state index in [2.05, 4.69) is 50.1 Å². The Bertz CT molecular complexity index is 786. The van der Waals surface area contributed by atoms with Crippen molar-refractivity contribution < 1.29 is 0 Å². The maximum absolute atomic E-state index is 5.74. The Morgan fingerprint density at radius 2 is 2.20 bits per heavy atom. The summed E-state index contributed by atoms with van der Waals surface area (Å²) in [5.41, 5.74) is 9.14. The second-order valence-electron chi connectivity index (χ2n) is 5.16. The summed E-state index contributed by atoms with van der Waals surface area (Å²) in [4.78, 5) is 6.08. The number of fused-ring (bicyclic) bond motifs is 1. The fraction of sp³-hybridized carbons (Fsp3) is 0.267. The highest BCUT2D eigenvalue weighted by molar-refractivity contribution is 9.10. The normalized spacial score (nSPS) is 15.1. The molecule has 5 heteroatoms. The molecule has 1 aliphatic rings. The van der Waals surface area contributed by atoms with E-state index >= 15 is 0 Å². The Hall–Kier alpha value is -1.17. The number of imidazole rings is 1. The molecule has 2 aromatic heterocycles. The summed E-state index contributed by atoms with van der Waals surface area (Å²) in [6.07, 6.45) is 2.50. The van der Waals surface area contributed by atoms with Gasteiger partial charge < -0.3 is 10.3 Å². The summed E-state index contributed by atoms with van der Waals surface area (Å²) in [7, 11) is 0. The summed E-state index contributed by atoms with van der Waals surface area (Å²) in [5, 5.41) is 2.10. The first kappa shape index (κ1) is 12.6. The fourth-order valence-electron chi connectivity index (χ4n) is 2.59. The predicted octanol–water partition coefficient (Wildman–Crippen LogP) is 4.32. The van der Waals surface area contributed by atoms with Crippen LogP contribution in [-0.2, 0) is 6.54 Å². The van der Waals surface area contributed by atoms with E-state index in [9.17, 15) is 0 Å². The van der Waals surface area contributed by atoms with Crippen molar-refractivity contribution in [1.82, 2.24) is 9.55 Å². The highest BCUT2D eigenvalue weighted by Crippen LogP contribution is 2.43. The van der Waals surface area contributed by atoms with E-state index in [0.717, 1.165) is 21.4 Å². The van der Waals surface area contributed by atoms with Gasteiger partial charge in [-0.05, 0) is 57.9 Å². The number of rotatable bonds is 3. The van der Waals surface area contributed by atoms with Gasteiger partial charge in [0.2, 0.25) is 0 Å².